The average Bonchev–Trinajstić information content (AvgIpc) is 2.49. The Hall–Kier alpha value is -0.570. The van der Waals surface area contributed by atoms with Crippen molar-refractivity contribution in [1.29, 1.82) is 0 Å². The van der Waals surface area contributed by atoms with Gasteiger partial charge < -0.3 is 14.4 Å². The van der Waals surface area contributed by atoms with E-state index >= 15 is 0 Å². The van der Waals surface area contributed by atoms with Gasteiger partial charge in [-0.3, -0.25) is 8.98 Å². The van der Waals surface area contributed by atoms with Crippen LogP contribution in [0.1, 0.15) is 12.5 Å². The van der Waals surface area contributed by atoms with E-state index in [1.165, 1.54) is 0 Å². The standard InChI is InChI=1S/C13H19NO9S2.Na/c1-11(15)22-9-13(16,10-23-25(19,20)21)8-14-24(17,18)7-12-5-3-2-4-6-12;/h2-6,14,16H,7-10H2,1H3,(H,19,20,21);/q;+1/p-1. The first-order chi connectivity index (χ1) is 11.4. The number of esters is 1. The fraction of sp³-hybridized carbons (Fsp3) is 0.462. The number of aliphatic hydroxyl groups is 1. The predicted molar refractivity (Wildman–Crippen MR) is 84.3 cm³/mol. The SMILES string of the molecule is CC(=O)OCC(O)(CNS(=O)(=O)Cc1ccccc1)COS(=O)(=O)[O-].[Na+]. The van der Waals surface area contributed by atoms with E-state index in [0.29, 0.717) is 5.56 Å². The molecule has 0 aromatic heterocycles. The van der Waals surface area contributed by atoms with Crippen LogP contribution < -0.4 is 34.3 Å². The van der Waals surface area contributed by atoms with Crippen molar-refractivity contribution >= 4 is 26.4 Å². The molecule has 0 heterocycles. The van der Waals surface area contributed by atoms with Crippen LogP contribution in [0.25, 0.3) is 0 Å². The summed E-state index contributed by atoms with van der Waals surface area (Å²) in [6, 6.07) is 8.17. The Morgan fingerprint density at radius 3 is 2.27 bits per heavy atom. The van der Waals surface area contributed by atoms with Gasteiger partial charge in [0.2, 0.25) is 20.4 Å². The van der Waals surface area contributed by atoms with E-state index in [9.17, 15) is 31.3 Å². The molecule has 0 saturated heterocycles. The minimum absolute atomic E-state index is 0. The number of benzene rings is 1. The molecule has 1 unspecified atom stereocenters. The quantitative estimate of drug-likeness (QED) is 0.166. The van der Waals surface area contributed by atoms with Gasteiger partial charge in [-0.25, -0.2) is 21.6 Å². The molecule has 1 aromatic carbocycles. The molecule has 0 amide bonds. The molecule has 0 aliphatic heterocycles. The van der Waals surface area contributed by atoms with Crippen LogP contribution in [0.4, 0.5) is 0 Å². The maximum atomic E-state index is 12.0. The van der Waals surface area contributed by atoms with Gasteiger partial charge >= 0.3 is 35.5 Å². The molecule has 1 atom stereocenters. The van der Waals surface area contributed by atoms with Crippen LogP contribution in [0, 0.1) is 0 Å². The first-order valence-electron chi connectivity index (χ1n) is 6.88. The van der Waals surface area contributed by atoms with Crippen molar-refractivity contribution in [2.24, 2.45) is 0 Å². The molecule has 0 bridgehead atoms. The van der Waals surface area contributed by atoms with Crippen LogP contribution in [0.3, 0.4) is 0 Å². The monoisotopic (exact) mass is 419 g/mol. The second-order valence-electron chi connectivity index (χ2n) is 5.24. The molecule has 142 valence electrons. The van der Waals surface area contributed by atoms with E-state index in [0.717, 1.165) is 6.92 Å². The Balaban J connectivity index is 0.00000625. The van der Waals surface area contributed by atoms with Gasteiger partial charge in [0.05, 0.1) is 12.4 Å². The third kappa shape index (κ3) is 11.2. The molecule has 0 aliphatic rings. The molecule has 1 rings (SSSR count). The van der Waals surface area contributed by atoms with E-state index in [1.54, 1.807) is 30.3 Å². The number of nitrogens with one attached hydrogen (secondary N) is 1. The van der Waals surface area contributed by atoms with Gasteiger partial charge in [0.25, 0.3) is 0 Å². The van der Waals surface area contributed by atoms with Crippen molar-refractivity contribution < 1.29 is 69.8 Å². The Morgan fingerprint density at radius 2 is 1.77 bits per heavy atom. The van der Waals surface area contributed by atoms with Crippen molar-refractivity contribution in [1.82, 2.24) is 4.72 Å². The molecule has 0 aliphatic carbocycles. The summed E-state index contributed by atoms with van der Waals surface area (Å²) < 4.78 is 66.2. The van der Waals surface area contributed by atoms with E-state index in [4.69, 9.17) is 0 Å². The molecule has 0 fully saturated rings. The minimum Gasteiger partial charge on any atom is -0.726 e. The van der Waals surface area contributed by atoms with E-state index in [2.05, 4.69) is 13.6 Å². The van der Waals surface area contributed by atoms with E-state index in [-0.39, 0.29) is 29.6 Å². The third-order valence-electron chi connectivity index (χ3n) is 2.84. The number of rotatable bonds is 10. The summed E-state index contributed by atoms with van der Waals surface area (Å²) in [7, 11) is -9.02. The van der Waals surface area contributed by atoms with Crippen LogP contribution in [-0.4, -0.2) is 57.8 Å². The topological polar surface area (TPSA) is 159 Å². The Kier molecular flexibility index (Phi) is 10.4. The molecule has 0 radical (unpaired) electrons. The van der Waals surface area contributed by atoms with Gasteiger partial charge in [0.15, 0.2) is 0 Å². The van der Waals surface area contributed by atoms with Gasteiger partial charge in [-0.15, -0.1) is 0 Å². The van der Waals surface area contributed by atoms with E-state index < -0.39 is 57.5 Å². The summed E-state index contributed by atoms with van der Waals surface area (Å²) in [5.74, 6) is -1.19. The minimum atomic E-state index is -5.13. The van der Waals surface area contributed by atoms with Crippen molar-refractivity contribution in [2.75, 3.05) is 19.8 Å². The molecule has 2 N–H and O–H groups in total. The average molecular weight is 419 g/mol. The van der Waals surface area contributed by atoms with Crippen LogP contribution in [0.15, 0.2) is 30.3 Å². The van der Waals surface area contributed by atoms with Gasteiger partial charge in [0, 0.05) is 13.5 Å². The maximum absolute atomic E-state index is 12.0. The number of sulfonamides is 1. The zero-order valence-corrected chi connectivity index (χ0v) is 17.9. The zero-order chi connectivity index (χ0) is 19.1. The molecule has 13 heteroatoms. The summed E-state index contributed by atoms with van der Waals surface area (Å²) in [5, 5.41) is 10.2. The van der Waals surface area contributed by atoms with Crippen LogP contribution >= 0.6 is 0 Å². The van der Waals surface area contributed by atoms with Gasteiger partial charge in [0.1, 0.15) is 12.2 Å². The molecule has 1 aromatic rings. The van der Waals surface area contributed by atoms with Crippen molar-refractivity contribution in [3.8, 4) is 0 Å². The van der Waals surface area contributed by atoms with Gasteiger partial charge in [-0.05, 0) is 5.56 Å². The summed E-state index contributed by atoms with van der Waals surface area (Å²) >= 11 is 0. The fourth-order valence-corrected chi connectivity index (χ4v) is 3.24. The van der Waals surface area contributed by atoms with Crippen molar-refractivity contribution in [3.63, 3.8) is 0 Å². The molecule has 0 saturated carbocycles. The molecular formula is C13H18NNaO9S2. The maximum Gasteiger partial charge on any atom is 1.00 e. The van der Waals surface area contributed by atoms with Crippen molar-refractivity contribution in [3.05, 3.63) is 35.9 Å². The predicted octanol–water partition coefficient (Wildman–Crippen LogP) is -4.12. The Morgan fingerprint density at radius 1 is 1.19 bits per heavy atom. The molecule has 10 nitrogen and oxygen atoms in total. The van der Waals surface area contributed by atoms with E-state index in [1.807, 2.05) is 0 Å². The Bertz CT molecular complexity index is 783. The Labute approximate surface area is 174 Å². The third-order valence-corrected chi connectivity index (χ3v) is 4.54. The fourth-order valence-electron chi connectivity index (χ4n) is 1.65. The van der Waals surface area contributed by atoms with Crippen LogP contribution in [-0.2, 0) is 39.9 Å². The van der Waals surface area contributed by atoms with Gasteiger partial charge in [-0.1, -0.05) is 30.3 Å². The number of carbonyl (C=O) groups is 1. The zero-order valence-electron chi connectivity index (χ0n) is 14.2. The summed E-state index contributed by atoms with van der Waals surface area (Å²) in [4.78, 5) is 10.8. The largest absolute Gasteiger partial charge is 1.00 e. The van der Waals surface area contributed by atoms with Crippen molar-refractivity contribution in [2.45, 2.75) is 18.3 Å². The number of carbonyl (C=O) groups excluding carboxylic acids is 1. The van der Waals surface area contributed by atoms with Crippen LogP contribution in [0.2, 0.25) is 0 Å². The number of hydrogen-bond donors (Lipinski definition) is 2. The summed E-state index contributed by atoms with van der Waals surface area (Å²) in [6.07, 6.45) is 0. The smallest absolute Gasteiger partial charge is 0.726 e. The first kappa shape index (κ1) is 25.4. The molecular weight excluding hydrogens is 401 g/mol. The molecule has 26 heavy (non-hydrogen) atoms. The second-order valence-corrected chi connectivity index (χ2v) is 8.10. The number of ether oxygens (including phenoxy) is 1. The van der Waals surface area contributed by atoms with Gasteiger partial charge in [-0.2, -0.15) is 0 Å². The normalized spacial score (nSPS) is 14.1. The first-order valence-corrected chi connectivity index (χ1v) is 9.87. The van der Waals surface area contributed by atoms with Crippen LogP contribution in [0.5, 0.6) is 0 Å². The summed E-state index contributed by atoms with van der Waals surface area (Å²) in [5.41, 5.74) is -1.76. The molecule has 0 spiro atoms. The summed E-state index contributed by atoms with van der Waals surface area (Å²) in [6.45, 7) is -1.55. The second kappa shape index (κ2) is 10.7. The number of hydrogen-bond acceptors (Lipinski definition) is 9.